The number of carboxylic acids is 2. The second kappa shape index (κ2) is 14.0. The maximum Gasteiger partial charge on any atom is 1.00 e. The largest absolute Gasteiger partial charge is 1.00 e. The van der Waals surface area contributed by atoms with E-state index >= 15 is 0 Å². The van der Waals surface area contributed by atoms with Crippen LogP contribution in [0.15, 0.2) is 0 Å². The number of hydrogen-bond acceptors (Lipinski definition) is 8. The van der Waals surface area contributed by atoms with Crippen molar-refractivity contribution in [3.8, 4) is 0 Å². The Morgan fingerprint density at radius 3 is 1.10 bits per heavy atom. The monoisotopic (exact) mass is 356 g/mol. The minimum Gasteiger partial charge on any atom is -0.546 e. The minimum absolute atomic E-state index is 0. The van der Waals surface area contributed by atoms with Crippen molar-refractivity contribution in [2.24, 2.45) is 0 Å². The molecule has 2 unspecified atom stereocenters. The van der Waals surface area contributed by atoms with Crippen LogP contribution < -0.4 is 69.3 Å². The first-order valence-electron chi connectivity index (χ1n) is 3.46. The number of carbonyl (C=O) groups excluding carboxylic acids is 2. The maximum absolute atomic E-state index is 10.4. The molecule has 2 atom stereocenters. The van der Waals surface area contributed by atoms with Gasteiger partial charge in [-0.2, -0.15) is 0 Å². The Kier molecular flexibility index (Phi) is 26.3. The Balaban J connectivity index is -0.0000000817. The van der Waals surface area contributed by atoms with Gasteiger partial charge in [0.2, 0.25) is 0 Å². The van der Waals surface area contributed by atoms with Gasteiger partial charge in [-0.25, -0.2) is 0 Å². The van der Waals surface area contributed by atoms with Gasteiger partial charge in [-0.05, 0) is 0 Å². The summed E-state index contributed by atoms with van der Waals surface area (Å²) in [5, 5.41) is 39.5. The number of thioether (sulfide) groups is 2. The third-order valence-electron chi connectivity index (χ3n) is 1.65. The van der Waals surface area contributed by atoms with Crippen LogP contribution in [-0.2, 0) is 9.59 Å². The Bertz CT molecular complexity index is 255. The Morgan fingerprint density at radius 1 is 0.800 bits per heavy atom. The molecule has 0 radical (unpaired) electrons. The van der Waals surface area contributed by atoms with Crippen molar-refractivity contribution in [3.05, 3.63) is 0 Å². The second-order valence-corrected chi connectivity index (χ2v) is 5.23. The molecule has 10 nitrogen and oxygen atoms in total. The zero-order chi connectivity index (χ0) is 11.0. The van der Waals surface area contributed by atoms with Gasteiger partial charge in [0.25, 0.3) is 0 Å². The molecule has 0 aliphatic carbocycles. The molecule has 1 aliphatic rings. The van der Waals surface area contributed by atoms with Crippen molar-refractivity contribution in [2.45, 2.75) is 9.87 Å². The van der Waals surface area contributed by atoms with Crippen molar-refractivity contribution in [1.82, 2.24) is 0 Å². The first kappa shape index (κ1) is 37.6. The molecule has 1 saturated heterocycles. The van der Waals surface area contributed by atoms with E-state index in [1.54, 1.807) is 0 Å². The topological polar surface area (TPSA) is 247 Å². The molecule has 0 saturated carbocycles. The van der Waals surface area contributed by atoms with Crippen LogP contribution in [0.1, 0.15) is 0 Å². The molecule has 20 heavy (non-hydrogen) atoms. The molecule has 1 heterocycles. The van der Waals surface area contributed by atoms with Crippen molar-refractivity contribution in [2.75, 3.05) is 11.5 Å². The van der Waals surface area contributed by atoms with E-state index in [0.717, 1.165) is 0 Å². The fourth-order valence-electron chi connectivity index (χ4n) is 0.753. The van der Waals surface area contributed by atoms with Crippen LogP contribution in [0, 0.1) is 0 Å². The molecule has 0 aromatic heterocycles. The summed E-state index contributed by atoms with van der Waals surface area (Å²) in [7, 11) is 0. The molecule has 0 bridgehead atoms. The quantitative estimate of drug-likeness (QED) is 0.448. The first-order chi connectivity index (χ1) is 6.30. The van der Waals surface area contributed by atoms with Crippen LogP contribution in [0.5, 0.6) is 0 Å². The average Bonchev–Trinajstić information content (AvgIpc) is 2.10. The summed E-state index contributed by atoms with van der Waals surface area (Å²) in [6.45, 7) is 0. The Hall–Kier alpha value is 1.40. The van der Waals surface area contributed by atoms with E-state index in [9.17, 15) is 30.0 Å². The van der Waals surface area contributed by atoms with Crippen LogP contribution in [0.4, 0.5) is 0 Å². The minimum atomic E-state index is -2.15. The third kappa shape index (κ3) is 8.75. The van der Waals surface area contributed by atoms with E-state index in [2.05, 4.69) is 0 Å². The van der Waals surface area contributed by atoms with E-state index in [4.69, 9.17) is 0 Å². The molecule has 1 fully saturated rings. The second-order valence-electron chi connectivity index (χ2n) is 2.72. The molecule has 14 heteroatoms. The summed E-state index contributed by atoms with van der Waals surface area (Å²) in [6.07, 6.45) is 0. The van der Waals surface area contributed by atoms with E-state index in [1.165, 1.54) is 0 Å². The molecular weight excluding hydrogens is 342 g/mol. The van der Waals surface area contributed by atoms with Crippen molar-refractivity contribution >= 4 is 35.5 Å². The van der Waals surface area contributed by atoms with Gasteiger partial charge in [0.1, 0.15) is 0 Å². The van der Waals surface area contributed by atoms with E-state index in [0.29, 0.717) is 23.5 Å². The zero-order valence-electron chi connectivity index (χ0n) is 10.8. The fraction of sp³-hybridized carbons (Fsp3) is 0.667. The number of aliphatic carboxylic acids is 2. The van der Waals surface area contributed by atoms with Crippen LogP contribution in [0.25, 0.3) is 0 Å². The molecule has 0 aromatic carbocycles. The van der Waals surface area contributed by atoms with Crippen molar-refractivity contribution < 1.29 is 111 Å². The Morgan fingerprint density at radius 2 is 1.00 bits per heavy atom. The molecule has 0 spiro atoms. The summed E-state index contributed by atoms with van der Waals surface area (Å²) in [4.78, 5) is 16.5. The van der Waals surface area contributed by atoms with Gasteiger partial charge in [0, 0.05) is 11.5 Å². The van der Waals surface area contributed by atoms with Gasteiger partial charge in [-0.15, -0.1) is 23.5 Å². The molecular formula is C6H14Na2O10S2. The normalized spacial score (nSPS) is 26.5. The summed E-state index contributed by atoms with van der Waals surface area (Å²) < 4.78 is 0. The molecule has 1 rings (SSSR count). The molecule has 112 valence electrons. The number of carboxylic acid groups (broad SMARTS) is 2. The average molecular weight is 356 g/mol. The molecule has 0 aromatic rings. The number of rotatable bonds is 2. The summed E-state index contributed by atoms with van der Waals surface area (Å²) in [6, 6.07) is 0. The van der Waals surface area contributed by atoms with Crippen LogP contribution in [0.2, 0.25) is 0 Å². The van der Waals surface area contributed by atoms with Gasteiger partial charge in [0.05, 0.1) is 11.9 Å². The number of carbonyl (C=O) groups is 2. The van der Waals surface area contributed by atoms with Gasteiger partial charge in [0.15, 0.2) is 9.87 Å². The van der Waals surface area contributed by atoms with E-state index in [-0.39, 0.29) is 81.0 Å². The van der Waals surface area contributed by atoms with Crippen LogP contribution in [0.3, 0.4) is 0 Å². The van der Waals surface area contributed by atoms with Crippen LogP contribution >= 0.6 is 23.5 Å². The predicted octanol–water partition coefficient (Wildman–Crippen LogP) is -12.9. The molecule has 1 aliphatic heterocycles. The standard InChI is InChI=1S/C6H8O6S2.2Na.4H2O/c7-3(8)5(11)1-13-6(12,2-14-5)4(9)10;;;;;;/h11-12H,1-2H2,(H,7,8)(H,9,10);;;4*1H2/q;2*+1;;;;/p-2. The smallest absolute Gasteiger partial charge is 0.546 e. The fourth-order valence-corrected chi connectivity index (χ4v) is 3.11. The van der Waals surface area contributed by atoms with Crippen molar-refractivity contribution in [1.29, 1.82) is 0 Å². The predicted molar refractivity (Wildman–Crippen MR) is 59.3 cm³/mol. The van der Waals surface area contributed by atoms with Gasteiger partial charge in [-0.1, -0.05) is 0 Å². The molecule has 10 N–H and O–H groups in total. The van der Waals surface area contributed by atoms with Crippen LogP contribution in [-0.4, -0.2) is 65.4 Å². The first-order valence-corrected chi connectivity index (χ1v) is 5.43. The summed E-state index contributed by atoms with van der Waals surface area (Å²) in [5.74, 6) is -4.33. The van der Waals surface area contributed by atoms with Gasteiger partial charge < -0.3 is 51.9 Å². The SMILES string of the molecule is O.O.O.O.O=C([O-])C1(O)CSC(O)(C(=O)[O-])CS1.[Na+].[Na+]. The maximum atomic E-state index is 10.4. The number of aliphatic hydroxyl groups is 2. The van der Waals surface area contributed by atoms with E-state index < -0.39 is 33.3 Å². The summed E-state index contributed by atoms with van der Waals surface area (Å²) in [5.41, 5.74) is 0. The number of hydrogen-bond donors (Lipinski definition) is 2. The van der Waals surface area contributed by atoms with Gasteiger partial charge in [-0.3, -0.25) is 0 Å². The van der Waals surface area contributed by atoms with Crippen molar-refractivity contribution in [3.63, 3.8) is 0 Å². The van der Waals surface area contributed by atoms with E-state index in [1.807, 2.05) is 0 Å². The summed E-state index contributed by atoms with van der Waals surface area (Å²) >= 11 is 0.821. The third-order valence-corrected chi connectivity index (χ3v) is 4.72. The molecule has 0 amide bonds. The zero-order valence-corrected chi connectivity index (χ0v) is 16.4. The van der Waals surface area contributed by atoms with Gasteiger partial charge >= 0.3 is 59.1 Å². The Labute approximate surface area is 166 Å².